The lowest BCUT2D eigenvalue weighted by atomic mass is 9.94. The van der Waals surface area contributed by atoms with E-state index >= 15 is 0 Å². The largest absolute Gasteiger partial charge is 0.397 e. The van der Waals surface area contributed by atoms with Crippen LogP contribution in [0.1, 0.15) is 47.0 Å². The van der Waals surface area contributed by atoms with Crippen LogP contribution in [0.15, 0.2) is 0 Å². The molecule has 0 radical (unpaired) electrons. The fourth-order valence-electron chi connectivity index (χ4n) is 1.79. The van der Waals surface area contributed by atoms with Crippen LogP contribution in [0.25, 0.3) is 0 Å². The van der Waals surface area contributed by atoms with Crippen LogP contribution in [0.4, 0.5) is 0 Å². The van der Waals surface area contributed by atoms with E-state index in [0.717, 1.165) is 38.5 Å². The summed E-state index contributed by atoms with van der Waals surface area (Å²) in [4.78, 5) is 0. The minimum atomic E-state index is -1.53. The molecule has 4 heteroatoms. The third kappa shape index (κ3) is 6.30. The molecule has 0 bridgehead atoms. The highest BCUT2D eigenvalue weighted by Gasteiger charge is 2.28. The molecule has 2 N–H and O–H groups in total. The lowest BCUT2D eigenvalue weighted by Gasteiger charge is -2.30. The Balaban J connectivity index is 4.19. The van der Waals surface area contributed by atoms with Gasteiger partial charge in [-0.3, -0.25) is 0 Å². The van der Waals surface area contributed by atoms with Crippen molar-refractivity contribution in [1.29, 1.82) is 0 Å². The van der Waals surface area contributed by atoms with Gasteiger partial charge in [-0.1, -0.05) is 20.3 Å². The maximum absolute atomic E-state index is 6.34. The standard InChI is InChI=1S/C11H27NO2Si/c1-5-9-11(12,6-2)10-15(13-7-3)14-8-4/h15H,5-10,12H2,1-4H3. The van der Waals surface area contributed by atoms with Gasteiger partial charge in [0.2, 0.25) is 0 Å². The van der Waals surface area contributed by atoms with E-state index in [9.17, 15) is 0 Å². The average Bonchev–Trinajstić information content (AvgIpc) is 2.19. The summed E-state index contributed by atoms with van der Waals surface area (Å²) in [6, 6.07) is 0.930. The lowest BCUT2D eigenvalue weighted by molar-refractivity contribution is 0.202. The van der Waals surface area contributed by atoms with Crippen molar-refractivity contribution in [2.24, 2.45) is 5.73 Å². The van der Waals surface area contributed by atoms with E-state index in [-0.39, 0.29) is 5.54 Å². The van der Waals surface area contributed by atoms with Gasteiger partial charge in [0.1, 0.15) is 0 Å². The molecule has 0 aromatic carbocycles. The van der Waals surface area contributed by atoms with Crippen molar-refractivity contribution < 1.29 is 8.85 Å². The van der Waals surface area contributed by atoms with Crippen molar-refractivity contribution in [3.8, 4) is 0 Å². The molecule has 0 aliphatic rings. The molecule has 1 unspecified atom stereocenters. The summed E-state index contributed by atoms with van der Waals surface area (Å²) in [5.74, 6) is 0. The van der Waals surface area contributed by atoms with Crippen molar-refractivity contribution in [1.82, 2.24) is 0 Å². The van der Waals surface area contributed by atoms with Gasteiger partial charge in [-0.05, 0) is 26.7 Å². The zero-order chi connectivity index (χ0) is 11.7. The summed E-state index contributed by atoms with van der Waals surface area (Å²) >= 11 is 0. The molecule has 92 valence electrons. The van der Waals surface area contributed by atoms with Crippen LogP contribution < -0.4 is 5.73 Å². The lowest BCUT2D eigenvalue weighted by Crippen LogP contribution is -2.44. The number of hydrogen-bond donors (Lipinski definition) is 1. The minimum Gasteiger partial charge on any atom is -0.397 e. The number of rotatable bonds is 9. The Morgan fingerprint density at radius 1 is 1.07 bits per heavy atom. The van der Waals surface area contributed by atoms with Gasteiger partial charge in [-0.15, -0.1) is 0 Å². The zero-order valence-corrected chi connectivity index (χ0v) is 11.9. The Bertz CT molecular complexity index is 152. The summed E-state index contributed by atoms with van der Waals surface area (Å²) in [5, 5.41) is 0. The quantitative estimate of drug-likeness (QED) is 0.621. The van der Waals surface area contributed by atoms with Crippen molar-refractivity contribution in [3.63, 3.8) is 0 Å². The zero-order valence-electron chi connectivity index (χ0n) is 10.7. The number of nitrogens with two attached hydrogens (primary N) is 1. The molecule has 3 nitrogen and oxygen atoms in total. The second kappa shape index (κ2) is 8.27. The molecule has 0 aliphatic carbocycles. The van der Waals surface area contributed by atoms with E-state index in [1.807, 2.05) is 13.8 Å². The van der Waals surface area contributed by atoms with E-state index in [2.05, 4.69) is 13.8 Å². The van der Waals surface area contributed by atoms with E-state index in [0.29, 0.717) is 0 Å². The second-order valence-corrected chi connectivity index (χ2v) is 5.94. The highest BCUT2D eigenvalue weighted by Crippen LogP contribution is 2.21. The van der Waals surface area contributed by atoms with Crippen molar-refractivity contribution in [2.45, 2.75) is 58.5 Å². The first-order chi connectivity index (χ1) is 7.11. The number of hydrogen-bond acceptors (Lipinski definition) is 3. The van der Waals surface area contributed by atoms with Crippen LogP contribution in [0, 0.1) is 0 Å². The van der Waals surface area contributed by atoms with E-state index in [1.165, 1.54) is 0 Å². The summed E-state index contributed by atoms with van der Waals surface area (Å²) in [6.07, 6.45) is 3.20. The third-order valence-electron chi connectivity index (χ3n) is 2.73. The van der Waals surface area contributed by atoms with Crippen LogP contribution in [-0.4, -0.2) is 28.0 Å². The molecule has 0 fully saturated rings. The maximum atomic E-state index is 6.34. The second-order valence-electron chi connectivity index (χ2n) is 4.01. The molecule has 0 amide bonds. The molecule has 1 atom stereocenters. The molecular formula is C11H27NO2Si. The molecule has 0 aromatic heterocycles. The average molecular weight is 233 g/mol. The smallest absolute Gasteiger partial charge is 0.323 e. The van der Waals surface area contributed by atoms with Crippen LogP contribution in [0.2, 0.25) is 6.04 Å². The summed E-state index contributed by atoms with van der Waals surface area (Å²) in [5.41, 5.74) is 6.27. The molecule has 0 aliphatic heterocycles. The Kier molecular flexibility index (Phi) is 8.33. The van der Waals surface area contributed by atoms with E-state index in [4.69, 9.17) is 14.6 Å². The summed E-state index contributed by atoms with van der Waals surface area (Å²) in [6.45, 7) is 9.84. The SMILES string of the molecule is CCCC(N)(CC)C[SiH](OCC)OCC. The van der Waals surface area contributed by atoms with Gasteiger partial charge < -0.3 is 14.6 Å². The molecule has 0 saturated heterocycles. The van der Waals surface area contributed by atoms with Gasteiger partial charge in [0.15, 0.2) is 0 Å². The predicted octanol–water partition coefficient (Wildman–Crippen LogP) is 2.19. The van der Waals surface area contributed by atoms with Crippen LogP contribution in [0.3, 0.4) is 0 Å². The van der Waals surface area contributed by atoms with E-state index in [1.54, 1.807) is 0 Å². The summed E-state index contributed by atoms with van der Waals surface area (Å²) in [7, 11) is -1.53. The van der Waals surface area contributed by atoms with Gasteiger partial charge in [0, 0.05) is 24.8 Å². The Hall–Kier alpha value is 0.0969. The van der Waals surface area contributed by atoms with Crippen molar-refractivity contribution in [2.75, 3.05) is 13.2 Å². The molecular weight excluding hydrogens is 206 g/mol. The first-order valence-electron chi connectivity index (χ1n) is 6.13. The minimum absolute atomic E-state index is 0.0734. The monoisotopic (exact) mass is 233 g/mol. The topological polar surface area (TPSA) is 44.5 Å². The third-order valence-corrected chi connectivity index (χ3v) is 5.29. The molecule has 0 heterocycles. The van der Waals surface area contributed by atoms with Crippen LogP contribution in [-0.2, 0) is 8.85 Å². The predicted molar refractivity (Wildman–Crippen MR) is 67.3 cm³/mol. The van der Waals surface area contributed by atoms with Gasteiger partial charge in [0.05, 0.1) is 0 Å². The Morgan fingerprint density at radius 3 is 1.93 bits per heavy atom. The molecule has 15 heavy (non-hydrogen) atoms. The normalized spacial score (nSPS) is 15.6. The van der Waals surface area contributed by atoms with Gasteiger partial charge in [-0.25, -0.2) is 0 Å². The molecule has 0 spiro atoms. The van der Waals surface area contributed by atoms with E-state index < -0.39 is 9.28 Å². The fraction of sp³-hybridized carbons (Fsp3) is 1.00. The fourth-order valence-corrected chi connectivity index (χ4v) is 4.02. The first kappa shape index (κ1) is 15.1. The Labute approximate surface area is 96.2 Å². The maximum Gasteiger partial charge on any atom is 0.323 e. The highest BCUT2D eigenvalue weighted by atomic mass is 28.3. The molecule has 0 saturated carbocycles. The summed E-state index contributed by atoms with van der Waals surface area (Å²) < 4.78 is 11.3. The molecule has 0 aromatic rings. The van der Waals surface area contributed by atoms with Gasteiger partial charge >= 0.3 is 9.28 Å². The van der Waals surface area contributed by atoms with Crippen LogP contribution in [0.5, 0.6) is 0 Å². The Morgan fingerprint density at radius 2 is 1.60 bits per heavy atom. The van der Waals surface area contributed by atoms with Crippen LogP contribution >= 0.6 is 0 Å². The molecule has 0 rings (SSSR count). The van der Waals surface area contributed by atoms with Crippen molar-refractivity contribution >= 4 is 9.28 Å². The first-order valence-corrected chi connectivity index (χ1v) is 7.89. The van der Waals surface area contributed by atoms with Gasteiger partial charge in [-0.2, -0.15) is 0 Å². The van der Waals surface area contributed by atoms with Gasteiger partial charge in [0.25, 0.3) is 0 Å². The van der Waals surface area contributed by atoms with Crippen molar-refractivity contribution in [3.05, 3.63) is 0 Å². The highest BCUT2D eigenvalue weighted by molar-refractivity contribution is 6.44.